The SMILES string of the molecule is CCCN(Cc1ccccc1N)C(=O)C1COC(C)C1. The molecular formula is C16H24N2O2. The number of ether oxygens (including phenoxy) is 1. The van der Waals surface area contributed by atoms with Crippen molar-refractivity contribution >= 4 is 11.6 Å². The predicted molar refractivity (Wildman–Crippen MR) is 80.1 cm³/mol. The summed E-state index contributed by atoms with van der Waals surface area (Å²) in [7, 11) is 0. The molecule has 2 rings (SSSR count). The van der Waals surface area contributed by atoms with Crippen LogP contribution in [0.15, 0.2) is 24.3 Å². The maximum Gasteiger partial charge on any atom is 0.228 e. The molecule has 1 saturated heterocycles. The first-order valence-corrected chi connectivity index (χ1v) is 7.35. The van der Waals surface area contributed by atoms with Crippen LogP contribution < -0.4 is 5.73 Å². The van der Waals surface area contributed by atoms with Gasteiger partial charge in [-0.1, -0.05) is 25.1 Å². The first-order valence-electron chi connectivity index (χ1n) is 7.35. The van der Waals surface area contributed by atoms with Gasteiger partial charge in [0.2, 0.25) is 5.91 Å². The van der Waals surface area contributed by atoms with Crippen molar-refractivity contribution in [2.75, 3.05) is 18.9 Å². The highest BCUT2D eigenvalue weighted by molar-refractivity contribution is 5.79. The number of hydrogen-bond acceptors (Lipinski definition) is 3. The van der Waals surface area contributed by atoms with E-state index < -0.39 is 0 Å². The highest BCUT2D eigenvalue weighted by Crippen LogP contribution is 2.23. The molecule has 1 aliphatic heterocycles. The van der Waals surface area contributed by atoms with E-state index in [-0.39, 0.29) is 17.9 Å². The zero-order chi connectivity index (χ0) is 14.5. The molecule has 1 aromatic carbocycles. The topological polar surface area (TPSA) is 55.6 Å². The van der Waals surface area contributed by atoms with Crippen molar-refractivity contribution in [2.24, 2.45) is 5.92 Å². The number of para-hydroxylation sites is 1. The summed E-state index contributed by atoms with van der Waals surface area (Å²) in [4.78, 5) is 14.5. The van der Waals surface area contributed by atoms with Crippen LogP contribution in [0.2, 0.25) is 0 Å². The van der Waals surface area contributed by atoms with Crippen LogP contribution in [0.1, 0.15) is 32.3 Å². The fraction of sp³-hybridized carbons (Fsp3) is 0.562. The van der Waals surface area contributed by atoms with E-state index in [1.54, 1.807) is 0 Å². The maximum atomic E-state index is 12.6. The Morgan fingerprint density at radius 2 is 2.20 bits per heavy atom. The van der Waals surface area contributed by atoms with Crippen LogP contribution in [-0.4, -0.2) is 30.1 Å². The monoisotopic (exact) mass is 276 g/mol. The van der Waals surface area contributed by atoms with E-state index in [2.05, 4.69) is 6.92 Å². The molecule has 2 N–H and O–H groups in total. The van der Waals surface area contributed by atoms with Gasteiger partial charge in [-0.05, 0) is 31.4 Å². The molecule has 0 saturated carbocycles. The van der Waals surface area contributed by atoms with Crippen LogP contribution in [0.25, 0.3) is 0 Å². The number of amides is 1. The van der Waals surface area contributed by atoms with Gasteiger partial charge in [0.05, 0.1) is 18.6 Å². The third-order valence-corrected chi connectivity index (χ3v) is 3.77. The lowest BCUT2D eigenvalue weighted by atomic mass is 10.0. The highest BCUT2D eigenvalue weighted by atomic mass is 16.5. The number of hydrogen-bond donors (Lipinski definition) is 1. The van der Waals surface area contributed by atoms with E-state index in [0.29, 0.717) is 13.2 Å². The Morgan fingerprint density at radius 3 is 2.80 bits per heavy atom. The van der Waals surface area contributed by atoms with E-state index in [0.717, 1.165) is 30.6 Å². The number of nitrogen functional groups attached to an aromatic ring is 1. The largest absolute Gasteiger partial charge is 0.398 e. The smallest absolute Gasteiger partial charge is 0.228 e. The predicted octanol–water partition coefficient (Wildman–Crippen LogP) is 2.43. The Labute approximate surface area is 120 Å². The number of nitrogens with two attached hydrogens (primary N) is 1. The van der Waals surface area contributed by atoms with E-state index >= 15 is 0 Å². The van der Waals surface area contributed by atoms with Gasteiger partial charge < -0.3 is 15.4 Å². The van der Waals surface area contributed by atoms with Crippen molar-refractivity contribution < 1.29 is 9.53 Å². The third kappa shape index (κ3) is 3.51. The Kier molecular flexibility index (Phi) is 5.01. The first kappa shape index (κ1) is 14.9. The Balaban J connectivity index is 2.07. The van der Waals surface area contributed by atoms with E-state index in [1.165, 1.54) is 0 Å². The number of carbonyl (C=O) groups is 1. The second-order valence-electron chi connectivity index (χ2n) is 5.54. The lowest BCUT2D eigenvalue weighted by Crippen LogP contribution is -2.36. The standard InChI is InChI=1S/C16H24N2O2/c1-3-8-18(10-13-6-4-5-7-15(13)17)16(19)14-9-12(2)20-11-14/h4-7,12,14H,3,8-11,17H2,1-2H3. The van der Waals surface area contributed by atoms with Crippen LogP contribution in [-0.2, 0) is 16.1 Å². The molecule has 1 heterocycles. The van der Waals surface area contributed by atoms with Crippen LogP contribution in [0, 0.1) is 5.92 Å². The van der Waals surface area contributed by atoms with Crippen LogP contribution in [0.4, 0.5) is 5.69 Å². The van der Waals surface area contributed by atoms with Crippen molar-refractivity contribution in [2.45, 2.75) is 39.3 Å². The molecule has 0 aliphatic carbocycles. The molecular weight excluding hydrogens is 252 g/mol. The summed E-state index contributed by atoms with van der Waals surface area (Å²) in [5.41, 5.74) is 7.74. The zero-order valence-electron chi connectivity index (χ0n) is 12.3. The minimum absolute atomic E-state index is 0.00138. The minimum Gasteiger partial charge on any atom is -0.398 e. The van der Waals surface area contributed by atoms with Crippen LogP contribution in [0.3, 0.4) is 0 Å². The molecule has 0 radical (unpaired) electrons. The summed E-state index contributed by atoms with van der Waals surface area (Å²) in [5.74, 6) is 0.195. The molecule has 4 nitrogen and oxygen atoms in total. The summed E-state index contributed by atoms with van der Waals surface area (Å²) in [6.45, 7) is 6.00. The lowest BCUT2D eigenvalue weighted by molar-refractivity contribution is -0.136. The van der Waals surface area contributed by atoms with Crippen molar-refractivity contribution in [1.29, 1.82) is 0 Å². The van der Waals surface area contributed by atoms with Gasteiger partial charge in [-0.25, -0.2) is 0 Å². The summed E-state index contributed by atoms with van der Waals surface area (Å²) in [6, 6.07) is 7.74. The van der Waals surface area contributed by atoms with E-state index in [4.69, 9.17) is 10.5 Å². The average Bonchev–Trinajstić information content (AvgIpc) is 2.86. The van der Waals surface area contributed by atoms with Crippen LogP contribution in [0.5, 0.6) is 0 Å². The highest BCUT2D eigenvalue weighted by Gasteiger charge is 2.31. The second-order valence-corrected chi connectivity index (χ2v) is 5.54. The van der Waals surface area contributed by atoms with Gasteiger partial charge in [-0.15, -0.1) is 0 Å². The summed E-state index contributed by atoms with van der Waals surface area (Å²) in [5, 5.41) is 0. The van der Waals surface area contributed by atoms with Gasteiger partial charge in [0.25, 0.3) is 0 Å². The van der Waals surface area contributed by atoms with E-state index in [1.807, 2.05) is 36.1 Å². The normalized spacial score (nSPS) is 21.9. The van der Waals surface area contributed by atoms with E-state index in [9.17, 15) is 4.79 Å². The molecule has 2 atom stereocenters. The van der Waals surface area contributed by atoms with Crippen molar-refractivity contribution in [1.82, 2.24) is 4.90 Å². The Bertz CT molecular complexity index is 462. The van der Waals surface area contributed by atoms with Crippen molar-refractivity contribution in [3.8, 4) is 0 Å². The minimum atomic E-state index is 0.00138. The Hall–Kier alpha value is -1.55. The summed E-state index contributed by atoms with van der Waals surface area (Å²) >= 11 is 0. The molecule has 110 valence electrons. The van der Waals surface area contributed by atoms with Gasteiger partial charge in [0.1, 0.15) is 0 Å². The quantitative estimate of drug-likeness (QED) is 0.840. The number of rotatable bonds is 5. The zero-order valence-corrected chi connectivity index (χ0v) is 12.3. The Morgan fingerprint density at radius 1 is 1.45 bits per heavy atom. The molecule has 0 aromatic heterocycles. The lowest BCUT2D eigenvalue weighted by Gasteiger charge is -2.25. The fourth-order valence-corrected chi connectivity index (χ4v) is 2.67. The molecule has 1 aromatic rings. The van der Waals surface area contributed by atoms with Gasteiger partial charge in [0, 0.05) is 18.8 Å². The molecule has 4 heteroatoms. The molecule has 2 unspecified atom stereocenters. The fourth-order valence-electron chi connectivity index (χ4n) is 2.67. The second kappa shape index (κ2) is 6.75. The summed E-state index contributed by atoms with van der Waals surface area (Å²) in [6.07, 6.45) is 1.96. The average molecular weight is 276 g/mol. The molecule has 1 fully saturated rings. The molecule has 0 bridgehead atoms. The number of anilines is 1. The number of nitrogens with zero attached hydrogens (tertiary/aromatic N) is 1. The van der Waals surface area contributed by atoms with Crippen LogP contribution >= 0.6 is 0 Å². The van der Waals surface area contributed by atoms with Gasteiger partial charge in [0.15, 0.2) is 0 Å². The first-order chi connectivity index (χ1) is 9.61. The van der Waals surface area contributed by atoms with Crippen molar-refractivity contribution in [3.63, 3.8) is 0 Å². The van der Waals surface area contributed by atoms with Gasteiger partial charge in [-0.2, -0.15) is 0 Å². The molecule has 20 heavy (non-hydrogen) atoms. The molecule has 0 spiro atoms. The van der Waals surface area contributed by atoms with Gasteiger partial charge in [-0.3, -0.25) is 4.79 Å². The number of carbonyl (C=O) groups excluding carboxylic acids is 1. The maximum absolute atomic E-state index is 12.6. The van der Waals surface area contributed by atoms with Gasteiger partial charge >= 0.3 is 0 Å². The van der Waals surface area contributed by atoms with Crippen molar-refractivity contribution in [3.05, 3.63) is 29.8 Å². The molecule has 1 amide bonds. The molecule has 1 aliphatic rings. The summed E-state index contributed by atoms with van der Waals surface area (Å²) < 4.78 is 5.52. The number of benzene rings is 1. The third-order valence-electron chi connectivity index (χ3n) is 3.77.